The Morgan fingerprint density at radius 3 is 0.857 bits per heavy atom. The fraction of sp³-hybridized carbons (Fsp3) is 0. The van der Waals surface area contributed by atoms with E-state index in [9.17, 15) is 0 Å². The summed E-state index contributed by atoms with van der Waals surface area (Å²) in [5.74, 6) is 0. The molecule has 2 radical (unpaired) electrons. The first kappa shape index (κ1) is 42.7. The van der Waals surface area contributed by atoms with Crippen molar-refractivity contribution in [3.63, 3.8) is 0 Å². The Morgan fingerprint density at radius 2 is 0.857 bits per heavy atom. The molecule has 0 aromatic heterocycles. The summed E-state index contributed by atoms with van der Waals surface area (Å²) in [4.78, 5) is 0. The second kappa shape index (κ2) is 60.5. The summed E-state index contributed by atoms with van der Waals surface area (Å²) in [6, 6.07) is 0. The number of hydrogen-bond donors (Lipinski definition) is 0. The summed E-state index contributed by atoms with van der Waals surface area (Å²) in [6.07, 6.45) is 0. The molecule has 0 saturated carbocycles. The van der Waals surface area contributed by atoms with Crippen LogP contribution in [-0.2, 0) is 52.8 Å². The van der Waals surface area contributed by atoms with E-state index in [0.717, 1.165) is 0 Å². The molecule has 0 N–H and O–H groups in total. The smallest absolute Gasteiger partial charge is 2.00 e. The molecular weight excluding hydrogens is 253 g/mol. The standard InChI is InChI=1S/2Mn.O2Se.2O/c;;1-3-2;;/q2*+2;;2*-2. The monoisotopic (exact) mass is 254 g/mol. The minimum absolute atomic E-state index is 0. The maximum Gasteiger partial charge on any atom is 2.00 e. The van der Waals surface area contributed by atoms with Gasteiger partial charge in [-0.05, 0) is 0 Å². The Balaban J connectivity index is -0.00000000333. The van der Waals surface area contributed by atoms with Gasteiger partial charge >= 0.3 is 56.6 Å². The molecule has 0 aliphatic rings. The summed E-state index contributed by atoms with van der Waals surface area (Å²) in [5.41, 5.74) is 0. The third-order valence-electron chi connectivity index (χ3n) is 0. The van der Waals surface area contributed by atoms with Crippen LogP contribution in [0.4, 0.5) is 0 Å². The van der Waals surface area contributed by atoms with Gasteiger partial charge in [0.05, 0.1) is 0 Å². The van der Waals surface area contributed by atoms with Gasteiger partial charge in [0.25, 0.3) is 0 Å². The molecule has 0 rings (SSSR count). The van der Waals surface area contributed by atoms with Crippen molar-refractivity contribution in [1.82, 2.24) is 0 Å². The van der Waals surface area contributed by atoms with Gasteiger partial charge in [-0.3, -0.25) is 0 Å². The third kappa shape index (κ3) is 157. The van der Waals surface area contributed by atoms with Gasteiger partial charge in [-0.2, -0.15) is 0 Å². The second-order valence-electron chi connectivity index (χ2n) is 0.0680. The van der Waals surface area contributed by atoms with Gasteiger partial charge in [0, 0.05) is 0 Å². The van der Waals surface area contributed by atoms with Crippen LogP contribution in [0.1, 0.15) is 0 Å². The van der Waals surface area contributed by atoms with E-state index in [-0.39, 0.29) is 45.1 Å². The average molecular weight is 253 g/mol. The van der Waals surface area contributed by atoms with Gasteiger partial charge in [0.2, 0.25) is 0 Å². The zero-order valence-electron chi connectivity index (χ0n) is 2.80. The molecule has 0 bridgehead atoms. The first-order chi connectivity index (χ1) is 1.41. The van der Waals surface area contributed by atoms with Crippen LogP contribution >= 0.6 is 0 Å². The molecule has 0 aliphatic heterocycles. The minimum Gasteiger partial charge on any atom is -2.00 e. The van der Waals surface area contributed by atoms with E-state index in [1.165, 1.54) is 0 Å². The van der Waals surface area contributed by atoms with Crippen molar-refractivity contribution in [2.45, 2.75) is 0 Å². The van der Waals surface area contributed by atoms with Gasteiger partial charge in [0.15, 0.2) is 0 Å². The Labute approximate surface area is 67.5 Å². The first-order valence-electron chi connectivity index (χ1n) is 0.333. The Kier molecular flexibility index (Phi) is 369. The van der Waals surface area contributed by atoms with Crippen LogP contribution < -0.4 is 0 Å². The molecule has 7 heteroatoms. The van der Waals surface area contributed by atoms with E-state index < -0.39 is 14.8 Å². The molecule has 0 unspecified atom stereocenters. The maximum absolute atomic E-state index is 8.44. The molecule has 0 aromatic rings. The van der Waals surface area contributed by atoms with Crippen LogP contribution in [-0.4, -0.2) is 14.8 Å². The van der Waals surface area contributed by atoms with Crippen LogP contribution in [0.3, 0.4) is 0 Å². The maximum atomic E-state index is 8.44. The van der Waals surface area contributed by atoms with Crippen LogP contribution in [0, 0.1) is 0 Å². The third-order valence-corrected chi connectivity index (χ3v) is 0. The molecule has 44 valence electrons. The molecule has 0 fully saturated rings. The van der Waals surface area contributed by atoms with E-state index in [2.05, 4.69) is 0 Å². The molecule has 7 heavy (non-hydrogen) atoms. The molecule has 4 nitrogen and oxygen atoms in total. The van der Waals surface area contributed by atoms with Crippen molar-refractivity contribution < 1.29 is 52.8 Å². The predicted octanol–water partition coefficient (Wildman–Crippen LogP) is -0.861. The van der Waals surface area contributed by atoms with Crippen molar-refractivity contribution in [1.29, 1.82) is 0 Å². The molecule has 0 saturated heterocycles. The molecule has 0 heterocycles. The molecule has 0 amide bonds. The normalized spacial score (nSPS) is 1.71. The zero-order valence-corrected chi connectivity index (χ0v) is 6.87. The summed E-state index contributed by atoms with van der Waals surface area (Å²) in [5, 5.41) is 0. The van der Waals surface area contributed by atoms with Gasteiger partial charge in [-0.15, -0.1) is 0 Å². The molecule has 0 aromatic carbocycles. The Morgan fingerprint density at radius 1 is 0.857 bits per heavy atom. The van der Waals surface area contributed by atoms with Crippen molar-refractivity contribution in [2.24, 2.45) is 0 Å². The van der Waals surface area contributed by atoms with E-state index in [4.69, 9.17) is 7.67 Å². The fourth-order valence-corrected chi connectivity index (χ4v) is 0. The Bertz CT molecular complexity index is 30.7. The molecular formula is Mn2O4Se. The largest absolute Gasteiger partial charge is 2.00 e. The van der Waals surface area contributed by atoms with Crippen LogP contribution in [0.2, 0.25) is 0 Å². The van der Waals surface area contributed by atoms with Gasteiger partial charge in [-0.25, -0.2) is 0 Å². The van der Waals surface area contributed by atoms with Crippen LogP contribution in [0.15, 0.2) is 0 Å². The van der Waals surface area contributed by atoms with E-state index in [1.807, 2.05) is 0 Å². The topological polar surface area (TPSA) is 91.1 Å². The fourth-order valence-electron chi connectivity index (χ4n) is 0. The zero-order chi connectivity index (χ0) is 2.71. The molecule has 0 spiro atoms. The van der Waals surface area contributed by atoms with Crippen molar-refractivity contribution in [2.75, 3.05) is 0 Å². The van der Waals surface area contributed by atoms with Gasteiger partial charge < -0.3 is 11.0 Å². The predicted molar refractivity (Wildman–Crippen MR) is 8.50 cm³/mol. The molecule has 0 aliphatic carbocycles. The van der Waals surface area contributed by atoms with Crippen molar-refractivity contribution in [3.05, 3.63) is 0 Å². The van der Waals surface area contributed by atoms with E-state index >= 15 is 0 Å². The van der Waals surface area contributed by atoms with E-state index in [1.54, 1.807) is 0 Å². The van der Waals surface area contributed by atoms with Gasteiger partial charge in [-0.1, -0.05) is 0 Å². The van der Waals surface area contributed by atoms with Crippen molar-refractivity contribution >= 4 is 14.8 Å². The SMILES string of the molecule is O=[Se]=O.[Mn+2].[Mn+2].[O-2].[O-2]. The number of rotatable bonds is 0. The van der Waals surface area contributed by atoms with Crippen LogP contribution in [0.5, 0.6) is 0 Å². The minimum atomic E-state index is -1.62. The summed E-state index contributed by atoms with van der Waals surface area (Å²) >= 11 is -1.62. The summed E-state index contributed by atoms with van der Waals surface area (Å²) < 4.78 is 16.9. The number of hydrogen-bond acceptors (Lipinski definition) is 2. The summed E-state index contributed by atoms with van der Waals surface area (Å²) in [6.45, 7) is 0. The van der Waals surface area contributed by atoms with Gasteiger partial charge in [0.1, 0.15) is 0 Å². The summed E-state index contributed by atoms with van der Waals surface area (Å²) in [7, 11) is 0. The van der Waals surface area contributed by atoms with E-state index in [0.29, 0.717) is 0 Å². The second-order valence-corrected chi connectivity index (χ2v) is 0.354. The first-order valence-corrected chi connectivity index (χ1v) is 1.73. The van der Waals surface area contributed by atoms with Crippen molar-refractivity contribution in [3.8, 4) is 0 Å². The van der Waals surface area contributed by atoms with Crippen LogP contribution in [0.25, 0.3) is 0 Å². The quantitative estimate of drug-likeness (QED) is 0.525. The molecule has 0 atom stereocenters. The Hall–Kier alpha value is 1.08. The average Bonchev–Trinajstić information content (AvgIpc) is 0.918.